The van der Waals surface area contributed by atoms with Gasteiger partial charge in [0.15, 0.2) is 0 Å². The molecule has 0 radical (unpaired) electrons. The second kappa shape index (κ2) is 11.4. The molecule has 2 aromatic rings. The van der Waals surface area contributed by atoms with Gasteiger partial charge in [0.05, 0.1) is 0 Å². The molecule has 1 amide bonds. The summed E-state index contributed by atoms with van der Waals surface area (Å²) in [5.41, 5.74) is 2.14. The summed E-state index contributed by atoms with van der Waals surface area (Å²) in [7, 11) is 1.44. The van der Waals surface area contributed by atoms with Gasteiger partial charge < -0.3 is 15.7 Å². The lowest BCUT2D eigenvalue weighted by Gasteiger charge is -2.43. The van der Waals surface area contributed by atoms with Gasteiger partial charge >= 0.3 is 5.97 Å². The van der Waals surface area contributed by atoms with Crippen LogP contribution in [0.4, 0.5) is 4.39 Å². The fourth-order valence-corrected chi connectivity index (χ4v) is 4.57. The van der Waals surface area contributed by atoms with E-state index in [1.54, 1.807) is 6.07 Å². The van der Waals surface area contributed by atoms with E-state index >= 15 is 0 Å². The predicted molar refractivity (Wildman–Crippen MR) is 128 cm³/mol. The molecule has 0 saturated heterocycles. The molecule has 0 aliphatic heterocycles. The first kappa shape index (κ1) is 24.9. The monoisotopic (exact) mass is 454 g/mol. The molecule has 1 aliphatic rings. The van der Waals surface area contributed by atoms with Gasteiger partial charge in [0.1, 0.15) is 11.2 Å². The van der Waals surface area contributed by atoms with Gasteiger partial charge in [-0.3, -0.25) is 9.59 Å². The summed E-state index contributed by atoms with van der Waals surface area (Å²) in [6.07, 6.45) is 7.79. The van der Waals surface area contributed by atoms with Gasteiger partial charge in [-0.15, -0.1) is 0 Å². The number of unbranched alkanes of at least 4 members (excludes halogenated alkanes) is 4. The molecule has 2 aromatic carbocycles. The number of carbonyl (C=O) groups is 2. The number of amides is 1. The van der Waals surface area contributed by atoms with Crippen molar-refractivity contribution in [1.29, 1.82) is 0 Å². The molecule has 178 valence electrons. The van der Waals surface area contributed by atoms with Crippen LogP contribution < -0.4 is 10.6 Å². The number of carboxylic acids is 1. The maximum atomic E-state index is 14.8. The van der Waals surface area contributed by atoms with Crippen LogP contribution >= 0.6 is 0 Å². The maximum absolute atomic E-state index is 14.8. The van der Waals surface area contributed by atoms with Crippen LogP contribution in [0.25, 0.3) is 11.1 Å². The molecule has 1 fully saturated rings. The molecule has 5 nitrogen and oxygen atoms in total. The number of carboxylic acid groups (broad SMARTS) is 1. The Morgan fingerprint density at radius 1 is 1.03 bits per heavy atom. The normalized spacial score (nSPS) is 19.7. The third kappa shape index (κ3) is 5.99. The van der Waals surface area contributed by atoms with E-state index in [0.29, 0.717) is 12.1 Å². The van der Waals surface area contributed by atoms with Crippen LogP contribution in [-0.4, -0.2) is 30.1 Å². The van der Waals surface area contributed by atoms with Crippen molar-refractivity contribution < 1.29 is 19.1 Å². The lowest BCUT2D eigenvalue weighted by atomic mass is 9.64. The minimum atomic E-state index is -1.36. The Bertz CT molecular complexity index is 952. The first-order valence-corrected chi connectivity index (χ1v) is 12.0. The summed E-state index contributed by atoms with van der Waals surface area (Å²) in [5.74, 6) is -1.84. The van der Waals surface area contributed by atoms with E-state index in [2.05, 4.69) is 29.7 Å². The molecule has 1 saturated carbocycles. The molecule has 0 unspecified atom stereocenters. The zero-order valence-corrected chi connectivity index (χ0v) is 19.6. The predicted octanol–water partition coefficient (Wildman–Crippen LogP) is 5.07. The number of hydrogen-bond acceptors (Lipinski definition) is 3. The molecule has 3 rings (SSSR count). The molecule has 0 heterocycles. The lowest BCUT2D eigenvalue weighted by Crippen LogP contribution is -2.59. The van der Waals surface area contributed by atoms with Crippen LogP contribution in [0.2, 0.25) is 0 Å². The molecule has 0 spiro atoms. The number of benzene rings is 2. The summed E-state index contributed by atoms with van der Waals surface area (Å²) in [4.78, 5) is 23.4. The smallest absolute Gasteiger partial charge is 0.319 e. The summed E-state index contributed by atoms with van der Waals surface area (Å²) < 4.78 is 14.8. The minimum Gasteiger partial charge on any atom is -0.480 e. The van der Waals surface area contributed by atoms with E-state index in [4.69, 9.17) is 0 Å². The van der Waals surface area contributed by atoms with Crippen LogP contribution in [0.1, 0.15) is 63.0 Å². The SMILES string of the molecule is CCCCCCCc1ccc(-c2ccc(CNC3CC(C(=O)O)(C(=O)NC)C3)cc2F)cc1. The minimum absolute atomic E-state index is 0.0874. The van der Waals surface area contributed by atoms with E-state index in [9.17, 15) is 19.1 Å². The Labute approximate surface area is 195 Å². The van der Waals surface area contributed by atoms with Crippen LogP contribution in [0.15, 0.2) is 42.5 Å². The molecule has 33 heavy (non-hydrogen) atoms. The summed E-state index contributed by atoms with van der Waals surface area (Å²) >= 11 is 0. The third-order valence-electron chi connectivity index (χ3n) is 6.72. The van der Waals surface area contributed by atoms with Crippen molar-refractivity contribution in [1.82, 2.24) is 10.6 Å². The van der Waals surface area contributed by atoms with Crippen molar-refractivity contribution in [2.24, 2.45) is 5.41 Å². The second-order valence-corrected chi connectivity index (χ2v) is 9.13. The van der Waals surface area contributed by atoms with Crippen LogP contribution in [-0.2, 0) is 22.6 Å². The number of aliphatic carboxylic acids is 1. The third-order valence-corrected chi connectivity index (χ3v) is 6.72. The standard InChI is InChI=1S/C27H35FN2O3/c1-3-4-5-6-7-8-19-9-12-21(13-10-19)23-14-11-20(15-24(23)28)18-30-22-16-27(17-22,26(32)33)25(31)29-2/h9-15,22,30H,3-8,16-18H2,1-2H3,(H,29,31)(H,32,33). The number of halogens is 1. The van der Waals surface area contributed by atoms with Crippen molar-refractivity contribution >= 4 is 11.9 Å². The van der Waals surface area contributed by atoms with E-state index in [0.717, 1.165) is 17.5 Å². The average Bonchev–Trinajstić information content (AvgIpc) is 2.78. The molecule has 0 atom stereocenters. The Hall–Kier alpha value is -2.73. The fraction of sp³-hybridized carbons (Fsp3) is 0.481. The highest BCUT2D eigenvalue weighted by Crippen LogP contribution is 2.42. The van der Waals surface area contributed by atoms with Crippen molar-refractivity contribution in [3.05, 3.63) is 59.4 Å². The molecule has 1 aliphatic carbocycles. The Morgan fingerprint density at radius 2 is 1.70 bits per heavy atom. The van der Waals surface area contributed by atoms with Gasteiger partial charge in [-0.2, -0.15) is 0 Å². The average molecular weight is 455 g/mol. The van der Waals surface area contributed by atoms with E-state index in [1.165, 1.54) is 50.8 Å². The Kier molecular flexibility index (Phi) is 8.61. The first-order chi connectivity index (χ1) is 15.9. The number of hydrogen-bond donors (Lipinski definition) is 3. The lowest BCUT2D eigenvalue weighted by molar-refractivity contribution is -0.163. The highest BCUT2D eigenvalue weighted by Gasteiger charge is 2.55. The number of rotatable bonds is 12. The van der Waals surface area contributed by atoms with Gasteiger partial charge in [0.25, 0.3) is 0 Å². The van der Waals surface area contributed by atoms with Crippen LogP contribution in [0.3, 0.4) is 0 Å². The maximum Gasteiger partial charge on any atom is 0.319 e. The van der Waals surface area contributed by atoms with Gasteiger partial charge in [-0.25, -0.2) is 4.39 Å². The molecule has 0 aromatic heterocycles. The van der Waals surface area contributed by atoms with Gasteiger partial charge in [-0.05, 0) is 48.4 Å². The van der Waals surface area contributed by atoms with Crippen molar-refractivity contribution in [2.75, 3.05) is 7.05 Å². The zero-order valence-electron chi connectivity index (χ0n) is 19.6. The first-order valence-electron chi connectivity index (χ1n) is 12.0. The van der Waals surface area contributed by atoms with Crippen LogP contribution in [0, 0.1) is 11.2 Å². The fourth-order valence-electron chi connectivity index (χ4n) is 4.57. The van der Waals surface area contributed by atoms with E-state index in [1.807, 2.05) is 18.2 Å². The van der Waals surface area contributed by atoms with Gasteiger partial charge in [0.2, 0.25) is 5.91 Å². The summed E-state index contributed by atoms with van der Waals surface area (Å²) in [6.45, 7) is 2.64. The van der Waals surface area contributed by atoms with Crippen LogP contribution in [0.5, 0.6) is 0 Å². The number of carbonyl (C=O) groups excluding carboxylic acids is 1. The number of aryl methyl sites for hydroxylation is 1. The second-order valence-electron chi connectivity index (χ2n) is 9.13. The molecular formula is C27H35FN2O3. The largest absolute Gasteiger partial charge is 0.480 e. The van der Waals surface area contributed by atoms with Crippen molar-refractivity contribution in [3.63, 3.8) is 0 Å². The molecule has 3 N–H and O–H groups in total. The van der Waals surface area contributed by atoms with Gasteiger partial charge in [0, 0.05) is 25.2 Å². The number of nitrogens with one attached hydrogen (secondary N) is 2. The summed E-state index contributed by atoms with van der Waals surface area (Å²) in [6, 6.07) is 13.2. The van der Waals surface area contributed by atoms with E-state index in [-0.39, 0.29) is 24.7 Å². The van der Waals surface area contributed by atoms with E-state index < -0.39 is 17.3 Å². The van der Waals surface area contributed by atoms with Gasteiger partial charge in [-0.1, -0.05) is 69.0 Å². The van der Waals surface area contributed by atoms with Crippen molar-refractivity contribution in [3.8, 4) is 11.1 Å². The highest BCUT2D eigenvalue weighted by molar-refractivity contribution is 6.03. The Morgan fingerprint density at radius 3 is 2.30 bits per heavy atom. The van der Waals surface area contributed by atoms with Crippen molar-refractivity contribution in [2.45, 2.75) is 70.9 Å². The summed E-state index contributed by atoms with van der Waals surface area (Å²) in [5, 5.41) is 15.1. The molecule has 0 bridgehead atoms. The molecular weight excluding hydrogens is 419 g/mol. The topological polar surface area (TPSA) is 78.4 Å². The quantitative estimate of drug-likeness (QED) is 0.309. The Balaban J connectivity index is 1.52. The molecule has 6 heteroatoms. The highest BCUT2D eigenvalue weighted by atomic mass is 19.1. The zero-order chi connectivity index (χ0) is 23.8.